The number of hydrogen-bond donors (Lipinski definition) is 1. The lowest BCUT2D eigenvalue weighted by Gasteiger charge is -2.29. The molecular formula is C13H24N2O2. The normalized spacial score (nSPS) is 11.8. The van der Waals surface area contributed by atoms with Crippen LogP contribution in [0, 0.1) is 11.3 Å². The Hall–Kier alpha value is -1.24. The van der Waals surface area contributed by atoms with Crippen LogP contribution < -0.4 is 5.32 Å². The predicted molar refractivity (Wildman–Crippen MR) is 67.5 cm³/mol. The molecule has 0 atom stereocenters. The van der Waals surface area contributed by atoms with Crippen molar-refractivity contribution < 1.29 is 9.53 Å². The minimum Gasteiger partial charge on any atom is -0.444 e. The first-order valence-corrected chi connectivity index (χ1v) is 6.21. The number of alkyl carbamates (subject to hydrolysis) is 1. The van der Waals surface area contributed by atoms with E-state index in [0.29, 0.717) is 12.8 Å². The van der Waals surface area contributed by atoms with Crippen LogP contribution in [-0.2, 0) is 4.74 Å². The van der Waals surface area contributed by atoms with E-state index in [1.807, 2.05) is 13.8 Å². The first kappa shape index (κ1) is 15.8. The molecule has 1 N–H and O–H groups in total. The highest BCUT2D eigenvalue weighted by molar-refractivity contribution is 5.69. The number of hydrogen-bond acceptors (Lipinski definition) is 3. The Labute approximate surface area is 104 Å². The van der Waals surface area contributed by atoms with E-state index in [0.717, 1.165) is 12.8 Å². The number of amides is 1. The molecule has 0 aliphatic rings. The molecule has 0 radical (unpaired) electrons. The SMILES string of the molecule is CCCC(C#N)(CCC)NC(=O)OC(C)(C)C. The highest BCUT2D eigenvalue weighted by Crippen LogP contribution is 2.20. The van der Waals surface area contributed by atoms with E-state index in [-0.39, 0.29) is 0 Å². The monoisotopic (exact) mass is 240 g/mol. The molecule has 0 heterocycles. The maximum absolute atomic E-state index is 11.7. The van der Waals surface area contributed by atoms with Crippen LogP contribution in [0.4, 0.5) is 4.79 Å². The fraction of sp³-hybridized carbons (Fsp3) is 0.846. The quantitative estimate of drug-likeness (QED) is 0.801. The topological polar surface area (TPSA) is 62.1 Å². The molecule has 0 aromatic rings. The van der Waals surface area contributed by atoms with E-state index in [2.05, 4.69) is 11.4 Å². The van der Waals surface area contributed by atoms with Crippen LogP contribution in [0.1, 0.15) is 60.3 Å². The van der Waals surface area contributed by atoms with Gasteiger partial charge in [-0.15, -0.1) is 0 Å². The Morgan fingerprint density at radius 3 is 2.00 bits per heavy atom. The van der Waals surface area contributed by atoms with Crippen molar-refractivity contribution in [3.05, 3.63) is 0 Å². The van der Waals surface area contributed by atoms with Gasteiger partial charge in [0.1, 0.15) is 11.1 Å². The van der Waals surface area contributed by atoms with Crippen LogP contribution in [-0.4, -0.2) is 17.2 Å². The standard InChI is InChI=1S/C13H24N2O2/c1-6-8-13(10-14,9-7-2)15-11(16)17-12(3,4)5/h6-9H2,1-5H3,(H,15,16). The lowest BCUT2D eigenvalue weighted by molar-refractivity contribution is 0.0471. The van der Waals surface area contributed by atoms with E-state index in [4.69, 9.17) is 4.74 Å². The lowest BCUT2D eigenvalue weighted by Crippen LogP contribution is -2.49. The molecule has 0 fully saturated rings. The summed E-state index contributed by atoms with van der Waals surface area (Å²) >= 11 is 0. The molecule has 0 aromatic heterocycles. The number of nitriles is 1. The van der Waals surface area contributed by atoms with Gasteiger partial charge in [0.2, 0.25) is 0 Å². The van der Waals surface area contributed by atoms with E-state index in [9.17, 15) is 10.1 Å². The van der Waals surface area contributed by atoms with Gasteiger partial charge in [0.15, 0.2) is 0 Å². The second-order valence-corrected chi connectivity index (χ2v) is 5.32. The van der Waals surface area contributed by atoms with Crippen molar-refractivity contribution in [2.24, 2.45) is 0 Å². The molecule has 98 valence electrons. The molecule has 17 heavy (non-hydrogen) atoms. The maximum Gasteiger partial charge on any atom is 0.408 e. The van der Waals surface area contributed by atoms with Crippen LogP contribution in [0.3, 0.4) is 0 Å². The minimum atomic E-state index is -0.786. The van der Waals surface area contributed by atoms with E-state index in [1.54, 1.807) is 20.8 Å². The summed E-state index contributed by atoms with van der Waals surface area (Å²) in [4.78, 5) is 11.7. The number of carbonyl (C=O) groups is 1. The van der Waals surface area contributed by atoms with Crippen LogP contribution in [0.15, 0.2) is 0 Å². The van der Waals surface area contributed by atoms with E-state index >= 15 is 0 Å². The summed E-state index contributed by atoms with van der Waals surface area (Å²) in [6, 6.07) is 2.22. The molecule has 0 saturated heterocycles. The van der Waals surface area contributed by atoms with Crippen LogP contribution in [0.2, 0.25) is 0 Å². The molecule has 0 saturated carbocycles. The van der Waals surface area contributed by atoms with Gasteiger partial charge in [0.25, 0.3) is 0 Å². The molecular weight excluding hydrogens is 216 g/mol. The van der Waals surface area contributed by atoms with E-state index in [1.165, 1.54) is 0 Å². The largest absolute Gasteiger partial charge is 0.444 e. The lowest BCUT2D eigenvalue weighted by atomic mass is 9.90. The fourth-order valence-corrected chi connectivity index (χ4v) is 1.74. The van der Waals surface area contributed by atoms with Gasteiger partial charge in [-0.05, 0) is 33.6 Å². The summed E-state index contributed by atoms with van der Waals surface area (Å²) in [5.74, 6) is 0. The van der Waals surface area contributed by atoms with Gasteiger partial charge in [-0.25, -0.2) is 4.79 Å². The van der Waals surface area contributed by atoms with Gasteiger partial charge in [-0.3, -0.25) is 0 Å². The Kier molecular flexibility index (Phi) is 6.01. The van der Waals surface area contributed by atoms with Crippen molar-refractivity contribution in [2.75, 3.05) is 0 Å². The number of ether oxygens (including phenoxy) is 1. The molecule has 4 heteroatoms. The van der Waals surface area contributed by atoms with Gasteiger partial charge in [-0.2, -0.15) is 5.26 Å². The molecule has 0 spiro atoms. The summed E-state index contributed by atoms with van der Waals surface area (Å²) in [6.07, 6.45) is 2.49. The molecule has 0 aliphatic carbocycles. The maximum atomic E-state index is 11.7. The molecule has 0 aromatic carbocycles. The third kappa shape index (κ3) is 6.15. The van der Waals surface area contributed by atoms with Crippen LogP contribution in [0.25, 0.3) is 0 Å². The first-order chi connectivity index (χ1) is 7.78. The van der Waals surface area contributed by atoms with Crippen molar-refractivity contribution in [3.63, 3.8) is 0 Å². The molecule has 1 amide bonds. The summed E-state index contributed by atoms with van der Waals surface area (Å²) in [5.41, 5.74) is -1.32. The fourth-order valence-electron chi connectivity index (χ4n) is 1.74. The predicted octanol–water partition coefficient (Wildman–Crippen LogP) is 3.37. The van der Waals surface area contributed by atoms with Gasteiger partial charge < -0.3 is 10.1 Å². The number of nitrogens with one attached hydrogen (secondary N) is 1. The first-order valence-electron chi connectivity index (χ1n) is 6.21. The molecule has 0 aliphatic heterocycles. The van der Waals surface area contributed by atoms with Crippen molar-refractivity contribution in [2.45, 2.75) is 71.4 Å². The zero-order valence-corrected chi connectivity index (χ0v) is 11.6. The third-order valence-corrected chi connectivity index (χ3v) is 2.31. The molecule has 0 unspecified atom stereocenters. The third-order valence-electron chi connectivity index (χ3n) is 2.31. The summed E-state index contributed by atoms with van der Waals surface area (Å²) in [5, 5.41) is 12.0. The smallest absolute Gasteiger partial charge is 0.408 e. The van der Waals surface area contributed by atoms with Crippen molar-refractivity contribution in [3.8, 4) is 6.07 Å². The summed E-state index contributed by atoms with van der Waals surface area (Å²) in [6.45, 7) is 9.41. The number of nitrogens with zero attached hydrogens (tertiary/aromatic N) is 1. The van der Waals surface area contributed by atoms with Crippen molar-refractivity contribution in [1.82, 2.24) is 5.32 Å². The molecule has 0 bridgehead atoms. The van der Waals surface area contributed by atoms with Crippen LogP contribution >= 0.6 is 0 Å². The highest BCUT2D eigenvalue weighted by atomic mass is 16.6. The van der Waals surface area contributed by atoms with Gasteiger partial charge in [0.05, 0.1) is 6.07 Å². The number of carbonyl (C=O) groups excluding carboxylic acids is 1. The molecule has 0 rings (SSSR count). The Bertz CT molecular complexity index is 281. The van der Waals surface area contributed by atoms with Crippen LogP contribution in [0.5, 0.6) is 0 Å². The second-order valence-electron chi connectivity index (χ2n) is 5.32. The minimum absolute atomic E-state index is 0.513. The Morgan fingerprint density at radius 1 is 1.24 bits per heavy atom. The second kappa shape index (κ2) is 6.48. The van der Waals surface area contributed by atoms with Crippen molar-refractivity contribution in [1.29, 1.82) is 5.26 Å². The Balaban J connectivity index is 4.64. The highest BCUT2D eigenvalue weighted by Gasteiger charge is 2.31. The zero-order chi connectivity index (χ0) is 13.5. The average Bonchev–Trinajstić information content (AvgIpc) is 2.15. The summed E-state index contributed by atoms with van der Waals surface area (Å²) in [7, 11) is 0. The zero-order valence-electron chi connectivity index (χ0n) is 11.6. The Morgan fingerprint density at radius 2 is 1.71 bits per heavy atom. The van der Waals surface area contributed by atoms with Gasteiger partial charge >= 0.3 is 6.09 Å². The molecule has 4 nitrogen and oxygen atoms in total. The number of rotatable bonds is 5. The summed E-state index contributed by atoms with van der Waals surface area (Å²) < 4.78 is 5.19. The van der Waals surface area contributed by atoms with E-state index < -0.39 is 17.2 Å². The van der Waals surface area contributed by atoms with Crippen molar-refractivity contribution >= 4 is 6.09 Å². The van der Waals surface area contributed by atoms with Gasteiger partial charge in [-0.1, -0.05) is 26.7 Å². The average molecular weight is 240 g/mol. The van der Waals surface area contributed by atoms with Gasteiger partial charge in [0, 0.05) is 0 Å².